The van der Waals surface area contributed by atoms with E-state index in [9.17, 15) is 4.79 Å². The number of amides is 1. The number of anilines is 3. The minimum Gasteiger partial charge on any atom is -0.376 e. The zero-order valence-electron chi connectivity index (χ0n) is 15.0. The Morgan fingerprint density at radius 1 is 1.22 bits per heavy atom. The highest BCUT2D eigenvalue weighted by atomic mass is 35.5. The van der Waals surface area contributed by atoms with Crippen molar-refractivity contribution in [2.45, 2.75) is 18.9 Å². The molecule has 1 aliphatic heterocycles. The Hall–Kier alpha value is -2.25. The van der Waals surface area contributed by atoms with Crippen LogP contribution in [0.5, 0.6) is 0 Å². The maximum absolute atomic E-state index is 12.3. The van der Waals surface area contributed by atoms with E-state index >= 15 is 0 Å². The van der Waals surface area contributed by atoms with E-state index in [0.717, 1.165) is 37.6 Å². The zero-order chi connectivity index (χ0) is 19.2. The van der Waals surface area contributed by atoms with Crippen molar-refractivity contribution in [2.75, 3.05) is 42.2 Å². The molecule has 1 fully saturated rings. The van der Waals surface area contributed by atoms with Crippen LogP contribution in [-0.2, 0) is 4.79 Å². The molecule has 1 aromatic heterocycles. The first-order chi connectivity index (χ1) is 13.0. The predicted octanol–water partition coefficient (Wildman–Crippen LogP) is 3.02. The fourth-order valence-electron chi connectivity index (χ4n) is 3.08. The number of nitrogens with one attached hydrogen (secondary N) is 3. The number of halogens is 2. The highest BCUT2D eigenvalue weighted by molar-refractivity contribution is 6.35. The Bertz CT molecular complexity index is 783. The van der Waals surface area contributed by atoms with Crippen molar-refractivity contribution in [3.63, 3.8) is 0 Å². The molecule has 7 nitrogen and oxygen atoms in total. The lowest BCUT2D eigenvalue weighted by molar-refractivity contribution is -0.120. The lowest BCUT2D eigenvalue weighted by Gasteiger charge is -2.34. The summed E-state index contributed by atoms with van der Waals surface area (Å²) >= 11 is 11.9. The third-order valence-electron chi connectivity index (χ3n) is 4.33. The summed E-state index contributed by atoms with van der Waals surface area (Å²) in [7, 11) is 1.82. The molecule has 0 spiro atoms. The molecule has 1 amide bonds. The van der Waals surface area contributed by atoms with Crippen LogP contribution >= 0.6 is 23.2 Å². The van der Waals surface area contributed by atoms with Crippen molar-refractivity contribution in [3.8, 4) is 0 Å². The molecule has 2 heterocycles. The van der Waals surface area contributed by atoms with Gasteiger partial charge in [-0.15, -0.1) is 0 Å². The fraction of sp³-hybridized carbons (Fsp3) is 0.389. The van der Waals surface area contributed by atoms with Crippen LogP contribution in [0.3, 0.4) is 0 Å². The van der Waals surface area contributed by atoms with Crippen molar-refractivity contribution in [1.82, 2.24) is 15.3 Å². The van der Waals surface area contributed by atoms with Crippen LogP contribution in [-0.4, -0.2) is 48.6 Å². The summed E-state index contributed by atoms with van der Waals surface area (Å²) in [6, 6.07) is 7.10. The summed E-state index contributed by atoms with van der Waals surface area (Å²) < 4.78 is 0. The normalized spacial score (nSPS) is 16.7. The maximum atomic E-state index is 12.3. The van der Waals surface area contributed by atoms with Gasteiger partial charge < -0.3 is 20.9 Å². The van der Waals surface area contributed by atoms with Crippen LogP contribution in [0.15, 0.2) is 30.6 Å². The average Bonchev–Trinajstić information content (AvgIpc) is 2.66. The Balaban J connectivity index is 1.53. The van der Waals surface area contributed by atoms with Gasteiger partial charge in [0.1, 0.15) is 18.0 Å². The largest absolute Gasteiger partial charge is 0.376 e. The lowest BCUT2D eigenvalue weighted by atomic mass is 10.1. The van der Waals surface area contributed by atoms with Crippen LogP contribution in [0.1, 0.15) is 12.8 Å². The molecule has 1 saturated heterocycles. The molecule has 1 aliphatic rings. The Kier molecular flexibility index (Phi) is 6.58. The van der Waals surface area contributed by atoms with Gasteiger partial charge in [0.05, 0.1) is 6.54 Å². The van der Waals surface area contributed by atoms with Crippen LogP contribution < -0.4 is 20.9 Å². The van der Waals surface area contributed by atoms with Crippen molar-refractivity contribution in [3.05, 3.63) is 40.6 Å². The molecule has 27 heavy (non-hydrogen) atoms. The smallest absolute Gasteiger partial charge is 0.239 e. The van der Waals surface area contributed by atoms with Crippen LogP contribution in [0.25, 0.3) is 0 Å². The monoisotopic (exact) mass is 408 g/mol. The first-order valence-corrected chi connectivity index (χ1v) is 9.53. The number of benzene rings is 1. The number of carbonyl (C=O) groups is 1. The number of rotatable bonds is 6. The quantitative estimate of drug-likeness (QED) is 0.681. The second-order valence-corrected chi connectivity index (χ2v) is 7.25. The summed E-state index contributed by atoms with van der Waals surface area (Å²) in [4.78, 5) is 23.0. The molecule has 0 bridgehead atoms. The van der Waals surface area contributed by atoms with E-state index in [4.69, 9.17) is 23.2 Å². The number of hydrogen-bond acceptors (Lipinski definition) is 6. The number of hydrogen-bond donors (Lipinski definition) is 3. The number of piperidine rings is 1. The van der Waals surface area contributed by atoms with E-state index < -0.39 is 0 Å². The van der Waals surface area contributed by atoms with Gasteiger partial charge in [0, 0.05) is 48.0 Å². The Labute approximate surface area is 168 Å². The summed E-state index contributed by atoms with van der Waals surface area (Å²) in [6.45, 7) is 1.78. The molecule has 3 N–H and O–H groups in total. The minimum absolute atomic E-state index is 0.0726. The Morgan fingerprint density at radius 2 is 2.00 bits per heavy atom. The predicted molar refractivity (Wildman–Crippen MR) is 110 cm³/mol. The first-order valence-electron chi connectivity index (χ1n) is 8.77. The van der Waals surface area contributed by atoms with Crippen LogP contribution in [0.4, 0.5) is 17.3 Å². The van der Waals surface area contributed by atoms with Gasteiger partial charge >= 0.3 is 0 Å². The van der Waals surface area contributed by atoms with Crippen molar-refractivity contribution in [2.24, 2.45) is 0 Å². The van der Waals surface area contributed by atoms with E-state index in [-0.39, 0.29) is 18.5 Å². The topological polar surface area (TPSA) is 82.2 Å². The van der Waals surface area contributed by atoms with Crippen LogP contribution in [0.2, 0.25) is 10.0 Å². The molecule has 1 unspecified atom stereocenters. The Morgan fingerprint density at radius 3 is 2.74 bits per heavy atom. The molecule has 1 aromatic carbocycles. The summed E-state index contributed by atoms with van der Waals surface area (Å²) in [5.41, 5.74) is 0.716. The van der Waals surface area contributed by atoms with Crippen molar-refractivity contribution >= 4 is 46.4 Å². The van der Waals surface area contributed by atoms with Gasteiger partial charge in [-0.05, 0) is 31.0 Å². The van der Waals surface area contributed by atoms with Gasteiger partial charge in [-0.25, -0.2) is 9.97 Å². The molecule has 144 valence electrons. The standard InChI is InChI=1S/C18H22Cl2N6O/c1-21-16-8-17(24-11-23-16)26-4-2-3-14(10-26)25-18(27)9-22-15-6-12(19)5-13(20)7-15/h5-8,11,14,22H,2-4,9-10H2,1H3,(H,25,27)(H,21,23,24). The van der Waals surface area contributed by atoms with E-state index in [1.807, 2.05) is 13.1 Å². The molecule has 2 aromatic rings. The molecule has 0 aliphatic carbocycles. The third kappa shape index (κ3) is 5.61. The summed E-state index contributed by atoms with van der Waals surface area (Å²) in [5.74, 6) is 1.56. The number of carbonyl (C=O) groups excluding carboxylic acids is 1. The minimum atomic E-state index is -0.0726. The van der Waals surface area contributed by atoms with E-state index in [2.05, 4.69) is 30.8 Å². The van der Waals surface area contributed by atoms with Gasteiger partial charge in [-0.1, -0.05) is 23.2 Å². The van der Waals surface area contributed by atoms with E-state index in [1.165, 1.54) is 0 Å². The van der Waals surface area contributed by atoms with E-state index in [1.54, 1.807) is 24.5 Å². The molecular formula is C18H22Cl2N6O. The molecule has 0 saturated carbocycles. The van der Waals surface area contributed by atoms with Crippen molar-refractivity contribution in [1.29, 1.82) is 0 Å². The van der Waals surface area contributed by atoms with Gasteiger partial charge in [-0.2, -0.15) is 0 Å². The van der Waals surface area contributed by atoms with Gasteiger partial charge in [0.15, 0.2) is 0 Å². The second-order valence-electron chi connectivity index (χ2n) is 6.38. The molecule has 3 rings (SSSR count). The SMILES string of the molecule is CNc1cc(N2CCCC(NC(=O)CNc3cc(Cl)cc(Cl)c3)C2)ncn1. The third-order valence-corrected chi connectivity index (χ3v) is 4.77. The summed E-state index contributed by atoms with van der Waals surface area (Å²) in [6.07, 6.45) is 3.47. The molecular weight excluding hydrogens is 387 g/mol. The number of aromatic nitrogens is 2. The second kappa shape index (κ2) is 9.10. The first kappa shape index (κ1) is 19.5. The van der Waals surface area contributed by atoms with Crippen LogP contribution in [0, 0.1) is 0 Å². The fourth-order valence-corrected chi connectivity index (χ4v) is 3.60. The maximum Gasteiger partial charge on any atom is 0.239 e. The zero-order valence-corrected chi connectivity index (χ0v) is 16.5. The van der Waals surface area contributed by atoms with Gasteiger partial charge in [-0.3, -0.25) is 4.79 Å². The highest BCUT2D eigenvalue weighted by Crippen LogP contribution is 2.22. The summed E-state index contributed by atoms with van der Waals surface area (Å²) in [5, 5.41) is 10.2. The van der Waals surface area contributed by atoms with Gasteiger partial charge in [0.2, 0.25) is 5.91 Å². The lowest BCUT2D eigenvalue weighted by Crippen LogP contribution is -2.49. The van der Waals surface area contributed by atoms with E-state index in [0.29, 0.717) is 15.7 Å². The molecule has 1 atom stereocenters. The average molecular weight is 409 g/mol. The number of nitrogens with zero attached hydrogens (tertiary/aromatic N) is 3. The molecule has 0 radical (unpaired) electrons. The highest BCUT2D eigenvalue weighted by Gasteiger charge is 2.22. The molecule has 9 heteroatoms. The van der Waals surface area contributed by atoms with Crippen molar-refractivity contribution < 1.29 is 4.79 Å². The van der Waals surface area contributed by atoms with Gasteiger partial charge in [0.25, 0.3) is 0 Å².